The summed E-state index contributed by atoms with van der Waals surface area (Å²) in [5.41, 5.74) is 2.86. The van der Waals surface area contributed by atoms with Crippen LogP contribution in [0, 0.1) is 11.3 Å². The highest BCUT2D eigenvalue weighted by molar-refractivity contribution is 7.98. The highest BCUT2D eigenvalue weighted by atomic mass is 32.2. The summed E-state index contributed by atoms with van der Waals surface area (Å²) in [6.07, 6.45) is 0. The molecule has 1 heterocycles. The van der Waals surface area contributed by atoms with Crippen molar-refractivity contribution in [2.24, 2.45) is 0 Å². The topological polar surface area (TPSA) is 89.8 Å². The molecule has 3 rings (SSSR count). The number of benzene rings is 2. The first-order valence-electron chi connectivity index (χ1n) is 8.61. The summed E-state index contributed by atoms with van der Waals surface area (Å²) >= 11 is 1.44. The molecule has 0 unspecified atom stereocenters. The Bertz CT molecular complexity index is 944. The molecule has 6 nitrogen and oxygen atoms in total. The number of nitrogens with two attached hydrogens (primary N) is 1. The van der Waals surface area contributed by atoms with Crippen molar-refractivity contribution in [3.8, 4) is 11.8 Å². The molecule has 0 aliphatic rings. The van der Waals surface area contributed by atoms with Gasteiger partial charge in [-0.05, 0) is 35.2 Å². The third kappa shape index (κ3) is 4.60. The molecule has 0 fully saturated rings. The Morgan fingerprint density at radius 3 is 2.59 bits per heavy atom. The van der Waals surface area contributed by atoms with E-state index in [0.717, 1.165) is 11.3 Å². The van der Waals surface area contributed by atoms with Crippen molar-refractivity contribution in [1.29, 1.82) is 5.26 Å². The van der Waals surface area contributed by atoms with Crippen LogP contribution in [-0.2, 0) is 12.4 Å². The summed E-state index contributed by atoms with van der Waals surface area (Å²) in [5, 5.41) is 18.0. The van der Waals surface area contributed by atoms with Crippen LogP contribution in [0.15, 0.2) is 53.7 Å². The first-order valence-corrected chi connectivity index (χ1v) is 9.60. The maximum atomic E-state index is 9.17. The molecule has 0 atom stereocenters. The largest absolute Gasteiger partial charge is 0.486 e. The van der Waals surface area contributed by atoms with Crippen LogP contribution in [0.4, 0.5) is 0 Å². The van der Waals surface area contributed by atoms with Gasteiger partial charge in [0.1, 0.15) is 12.4 Å². The zero-order valence-corrected chi connectivity index (χ0v) is 16.1. The Labute approximate surface area is 163 Å². The summed E-state index contributed by atoms with van der Waals surface area (Å²) in [6, 6.07) is 17.7. The van der Waals surface area contributed by atoms with Gasteiger partial charge in [-0.1, -0.05) is 55.9 Å². The minimum Gasteiger partial charge on any atom is -0.486 e. The van der Waals surface area contributed by atoms with Gasteiger partial charge in [-0.2, -0.15) is 5.26 Å². The van der Waals surface area contributed by atoms with Crippen molar-refractivity contribution in [2.45, 2.75) is 37.3 Å². The number of thioether (sulfide) groups is 1. The van der Waals surface area contributed by atoms with Crippen LogP contribution in [0.2, 0.25) is 0 Å². The van der Waals surface area contributed by atoms with E-state index in [4.69, 9.17) is 15.8 Å². The zero-order chi connectivity index (χ0) is 19.2. The SMILES string of the molecule is CC(C)c1ccc(OCc2nnc(SCc3ccccc3C#N)n2N)cc1. The molecule has 7 heteroatoms. The Morgan fingerprint density at radius 2 is 1.89 bits per heavy atom. The number of hydrogen-bond acceptors (Lipinski definition) is 6. The van der Waals surface area contributed by atoms with E-state index in [1.54, 1.807) is 6.07 Å². The second-order valence-corrected chi connectivity index (χ2v) is 7.28. The fourth-order valence-corrected chi connectivity index (χ4v) is 3.38. The quantitative estimate of drug-likeness (QED) is 0.495. The lowest BCUT2D eigenvalue weighted by Crippen LogP contribution is -2.15. The van der Waals surface area contributed by atoms with Gasteiger partial charge in [-0.15, -0.1) is 10.2 Å². The summed E-state index contributed by atoms with van der Waals surface area (Å²) in [7, 11) is 0. The maximum Gasteiger partial charge on any atom is 0.210 e. The summed E-state index contributed by atoms with van der Waals surface area (Å²) < 4.78 is 7.20. The Kier molecular flexibility index (Phi) is 5.99. The molecule has 0 amide bonds. The average Bonchev–Trinajstić information content (AvgIpc) is 3.04. The molecule has 138 valence electrons. The smallest absolute Gasteiger partial charge is 0.210 e. The van der Waals surface area contributed by atoms with Gasteiger partial charge in [0.05, 0.1) is 11.6 Å². The molecule has 0 aliphatic heterocycles. The van der Waals surface area contributed by atoms with E-state index in [-0.39, 0.29) is 6.61 Å². The zero-order valence-electron chi connectivity index (χ0n) is 15.3. The third-order valence-corrected chi connectivity index (χ3v) is 5.14. The highest BCUT2D eigenvalue weighted by Gasteiger charge is 2.12. The lowest BCUT2D eigenvalue weighted by atomic mass is 10.0. The van der Waals surface area contributed by atoms with E-state index < -0.39 is 0 Å². The Morgan fingerprint density at radius 1 is 1.15 bits per heavy atom. The molecule has 1 aromatic heterocycles. The summed E-state index contributed by atoms with van der Waals surface area (Å²) in [6.45, 7) is 4.54. The number of aromatic nitrogens is 3. The number of nitrogens with zero attached hydrogens (tertiary/aromatic N) is 4. The Balaban J connectivity index is 1.61. The molecule has 0 radical (unpaired) electrons. The maximum absolute atomic E-state index is 9.17. The van der Waals surface area contributed by atoms with Crippen molar-refractivity contribution in [2.75, 3.05) is 5.84 Å². The monoisotopic (exact) mass is 379 g/mol. The summed E-state index contributed by atoms with van der Waals surface area (Å²) in [5.74, 6) is 8.47. The van der Waals surface area contributed by atoms with Gasteiger partial charge in [-0.25, -0.2) is 4.68 Å². The van der Waals surface area contributed by atoms with Gasteiger partial charge in [0, 0.05) is 5.75 Å². The number of hydrogen-bond donors (Lipinski definition) is 1. The molecule has 2 aromatic carbocycles. The van der Waals surface area contributed by atoms with E-state index in [0.29, 0.717) is 28.2 Å². The molecule has 27 heavy (non-hydrogen) atoms. The number of ether oxygens (including phenoxy) is 1. The predicted octanol–water partition coefficient (Wildman–Crippen LogP) is 3.86. The first kappa shape index (κ1) is 18.8. The van der Waals surface area contributed by atoms with Crippen molar-refractivity contribution >= 4 is 11.8 Å². The predicted molar refractivity (Wildman–Crippen MR) is 106 cm³/mol. The molecule has 0 spiro atoms. The second-order valence-electron chi connectivity index (χ2n) is 6.34. The third-order valence-electron chi connectivity index (χ3n) is 4.14. The van der Waals surface area contributed by atoms with E-state index in [9.17, 15) is 0 Å². The molecule has 0 bridgehead atoms. The van der Waals surface area contributed by atoms with Crippen LogP contribution in [-0.4, -0.2) is 14.9 Å². The lowest BCUT2D eigenvalue weighted by molar-refractivity contribution is 0.291. The van der Waals surface area contributed by atoms with E-state index >= 15 is 0 Å². The number of nitrogen functional groups attached to an aromatic ring is 1. The summed E-state index contributed by atoms with van der Waals surface area (Å²) in [4.78, 5) is 0. The molecule has 0 saturated carbocycles. The van der Waals surface area contributed by atoms with Gasteiger partial charge in [0.15, 0.2) is 5.82 Å². The van der Waals surface area contributed by atoms with Crippen LogP contribution in [0.1, 0.15) is 42.3 Å². The van der Waals surface area contributed by atoms with Crippen molar-refractivity contribution in [3.63, 3.8) is 0 Å². The second kappa shape index (κ2) is 8.60. The van der Waals surface area contributed by atoms with Crippen molar-refractivity contribution < 1.29 is 4.74 Å². The van der Waals surface area contributed by atoms with Crippen LogP contribution in [0.25, 0.3) is 0 Å². The van der Waals surface area contributed by atoms with E-state index in [1.165, 1.54) is 22.0 Å². The van der Waals surface area contributed by atoms with E-state index in [1.807, 2.05) is 30.3 Å². The Hall–Kier alpha value is -2.98. The highest BCUT2D eigenvalue weighted by Crippen LogP contribution is 2.23. The molecule has 0 saturated heterocycles. The minimum atomic E-state index is 0.236. The normalized spacial score (nSPS) is 10.7. The molecule has 0 aliphatic carbocycles. The van der Waals surface area contributed by atoms with Gasteiger partial charge in [-0.3, -0.25) is 0 Å². The van der Waals surface area contributed by atoms with Gasteiger partial charge in [0.25, 0.3) is 0 Å². The molecule has 3 aromatic rings. The van der Waals surface area contributed by atoms with Crippen molar-refractivity contribution in [3.05, 3.63) is 71.0 Å². The number of nitriles is 1. The first-order chi connectivity index (χ1) is 13.1. The van der Waals surface area contributed by atoms with Gasteiger partial charge >= 0.3 is 0 Å². The van der Waals surface area contributed by atoms with Crippen LogP contribution < -0.4 is 10.6 Å². The fourth-order valence-electron chi connectivity index (χ4n) is 2.50. The fraction of sp³-hybridized carbons (Fsp3) is 0.250. The van der Waals surface area contributed by atoms with Crippen molar-refractivity contribution in [1.82, 2.24) is 14.9 Å². The van der Waals surface area contributed by atoms with Crippen LogP contribution in [0.3, 0.4) is 0 Å². The lowest BCUT2D eigenvalue weighted by Gasteiger charge is -2.09. The van der Waals surface area contributed by atoms with E-state index in [2.05, 4.69) is 42.2 Å². The van der Waals surface area contributed by atoms with Gasteiger partial charge in [0.2, 0.25) is 5.16 Å². The molecular formula is C20H21N5OS. The standard InChI is InChI=1S/C20H21N5OS/c1-14(2)15-7-9-18(10-8-15)26-12-19-23-24-20(25(19)22)27-13-17-6-4-3-5-16(17)11-21/h3-10,14H,12-13,22H2,1-2H3. The molecular weight excluding hydrogens is 358 g/mol. The average molecular weight is 379 g/mol. The van der Waals surface area contributed by atoms with Crippen LogP contribution >= 0.6 is 11.8 Å². The molecule has 2 N–H and O–H groups in total. The van der Waals surface area contributed by atoms with Crippen LogP contribution in [0.5, 0.6) is 5.75 Å². The van der Waals surface area contributed by atoms with Gasteiger partial charge < -0.3 is 10.6 Å². The number of rotatable bonds is 7. The minimum absolute atomic E-state index is 0.236.